The molecule has 0 aromatic rings. The number of amidine groups is 1. The number of rotatable bonds is 0. The lowest BCUT2D eigenvalue weighted by Crippen LogP contribution is -2.31. The average Bonchev–Trinajstić information content (AvgIpc) is 1.77. The predicted molar refractivity (Wildman–Crippen MR) is 31.7 cm³/mol. The van der Waals surface area contributed by atoms with Gasteiger partial charge in [-0.2, -0.15) is 0 Å². The van der Waals surface area contributed by atoms with Crippen LogP contribution in [0.3, 0.4) is 0 Å². The molecule has 1 rings (SSSR count). The molecule has 0 amide bonds. The maximum Gasteiger partial charge on any atom is 0.141 e. The third-order valence-corrected chi connectivity index (χ3v) is 1.22. The number of hydrogen-bond donors (Lipinski definition) is 0. The van der Waals surface area contributed by atoms with Crippen LogP contribution in [0.2, 0.25) is 0 Å². The second kappa shape index (κ2) is 2.13. The molecule has 0 saturated carbocycles. The maximum atomic E-state index is 4.99. The van der Waals surface area contributed by atoms with E-state index in [0.29, 0.717) is 13.5 Å². The molecule has 0 fully saturated rings. The van der Waals surface area contributed by atoms with E-state index in [1.54, 1.807) is 0 Å². The molecular formula is C5H10N2O. The van der Waals surface area contributed by atoms with Crippen molar-refractivity contribution >= 4 is 5.84 Å². The fourth-order valence-electron chi connectivity index (χ4n) is 0.531. The summed E-state index contributed by atoms with van der Waals surface area (Å²) in [6.45, 7) is 3.17. The number of ether oxygens (including phenoxy) is 1. The van der Waals surface area contributed by atoms with E-state index < -0.39 is 0 Å². The highest BCUT2D eigenvalue weighted by atomic mass is 16.5. The van der Waals surface area contributed by atoms with Crippen molar-refractivity contribution in [2.24, 2.45) is 4.99 Å². The quantitative estimate of drug-likeness (QED) is 0.452. The first-order valence-corrected chi connectivity index (χ1v) is 2.60. The normalized spacial score (nSPS) is 20.8. The van der Waals surface area contributed by atoms with E-state index in [2.05, 4.69) is 4.99 Å². The van der Waals surface area contributed by atoms with Gasteiger partial charge in [0.1, 0.15) is 19.3 Å². The Kier molecular flexibility index (Phi) is 1.48. The molecule has 0 aromatic heterocycles. The van der Waals surface area contributed by atoms with Crippen LogP contribution in [0.25, 0.3) is 0 Å². The number of nitrogens with zero attached hydrogens (tertiary/aromatic N) is 2. The molecular weight excluding hydrogens is 104 g/mol. The summed E-state index contributed by atoms with van der Waals surface area (Å²) in [5.74, 6) is 1.05. The molecule has 0 unspecified atom stereocenters. The van der Waals surface area contributed by atoms with E-state index in [9.17, 15) is 0 Å². The van der Waals surface area contributed by atoms with Gasteiger partial charge in [0.05, 0.1) is 0 Å². The van der Waals surface area contributed by atoms with E-state index in [1.165, 1.54) is 0 Å². The van der Waals surface area contributed by atoms with Crippen molar-refractivity contribution in [3.05, 3.63) is 0 Å². The van der Waals surface area contributed by atoms with Gasteiger partial charge >= 0.3 is 0 Å². The van der Waals surface area contributed by atoms with E-state index >= 15 is 0 Å². The van der Waals surface area contributed by atoms with Crippen LogP contribution in [-0.4, -0.2) is 31.2 Å². The molecule has 46 valence electrons. The van der Waals surface area contributed by atoms with Gasteiger partial charge in [-0.1, -0.05) is 0 Å². The zero-order valence-electron chi connectivity index (χ0n) is 5.22. The standard InChI is InChI=1S/C5H10N2O/c1-5-6-3-8-4-7(5)2/h3-4H2,1-2H3. The van der Waals surface area contributed by atoms with Crippen LogP contribution in [0.4, 0.5) is 0 Å². The van der Waals surface area contributed by atoms with Crippen molar-refractivity contribution in [2.45, 2.75) is 6.92 Å². The minimum atomic E-state index is 0.524. The number of aliphatic imine (C=N–C) groups is 1. The van der Waals surface area contributed by atoms with E-state index in [1.807, 2.05) is 18.9 Å². The number of hydrogen-bond acceptors (Lipinski definition) is 3. The molecule has 8 heavy (non-hydrogen) atoms. The van der Waals surface area contributed by atoms with E-state index in [-0.39, 0.29) is 0 Å². The van der Waals surface area contributed by atoms with Crippen LogP contribution in [0.5, 0.6) is 0 Å². The minimum Gasteiger partial charge on any atom is -0.340 e. The van der Waals surface area contributed by atoms with Gasteiger partial charge in [0.25, 0.3) is 0 Å². The lowest BCUT2D eigenvalue weighted by molar-refractivity contribution is 0.0650. The maximum absolute atomic E-state index is 4.99. The van der Waals surface area contributed by atoms with Crippen LogP contribution in [0.15, 0.2) is 4.99 Å². The molecule has 3 nitrogen and oxygen atoms in total. The Morgan fingerprint density at radius 1 is 1.75 bits per heavy atom. The molecule has 0 spiro atoms. The summed E-state index contributed by atoms with van der Waals surface area (Å²) in [5, 5.41) is 0. The first-order valence-electron chi connectivity index (χ1n) is 2.60. The minimum absolute atomic E-state index is 0.524. The Labute approximate surface area is 49.0 Å². The average molecular weight is 114 g/mol. The van der Waals surface area contributed by atoms with Crippen LogP contribution < -0.4 is 0 Å². The van der Waals surface area contributed by atoms with Crippen molar-refractivity contribution < 1.29 is 4.74 Å². The smallest absolute Gasteiger partial charge is 0.141 e. The Bertz CT molecular complexity index is 111. The van der Waals surface area contributed by atoms with Gasteiger partial charge in [-0.3, -0.25) is 0 Å². The van der Waals surface area contributed by atoms with Gasteiger partial charge in [0.2, 0.25) is 0 Å². The summed E-state index contributed by atoms with van der Waals surface area (Å²) < 4.78 is 4.99. The van der Waals surface area contributed by atoms with Gasteiger partial charge in [-0.15, -0.1) is 0 Å². The molecule has 3 heteroatoms. The molecule has 0 N–H and O–H groups in total. The lowest BCUT2D eigenvalue weighted by Gasteiger charge is -2.21. The lowest BCUT2D eigenvalue weighted by atomic mass is 10.6. The summed E-state index contributed by atoms with van der Waals surface area (Å²) in [6.07, 6.45) is 0. The van der Waals surface area contributed by atoms with Crippen molar-refractivity contribution in [3.63, 3.8) is 0 Å². The van der Waals surface area contributed by atoms with Crippen LogP contribution in [0.1, 0.15) is 6.92 Å². The van der Waals surface area contributed by atoms with Crippen molar-refractivity contribution in [1.29, 1.82) is 0 Å². The van der Waals surface area contributed by atoms with Crippen molar-refractivity contribution in [2.75, 3.05) is 20.5 Å². The second-order valence-electron chi connectivity index (χ2n) is 1.87. The highest BCUT2D eigenvalue weighted by Gasteiger charge is 2.03. The van der Waals surface area contributed by atoms with E-state index in [0.717, 1.165) is 5.84 Å². The topological polar surface area (TPSA) is 24.8 Å². The van der Waals surface area contributed by atoms with E-state index in [4.69, 9.17) is 4.74 Å². The molecule has 1 aliphatic rings. The summed E-state index contributed by atoms with van der Waals surface area (Å²) in [7, 11) is 1.96. The Morgan fingerprint density at radius 3 is 2.88 bits per heavy atom. The highest BCUT2D eigenvalue weighted by molar-refractivity contribution is 5.79. The zero-order chi connectivity index (χ0) is 5.98. The third-order valence-electron chi connectivity index (χ3n) is 1.22. The Balaban J connectivity index is 2.53. The molecule has 1 aliphatic heterocycles. The fourth-order valence-corrected chi connectivity index (χ4v) is 0.531. The SMILES string of the molecule is CC1=NCOCN1C. The zero-order valence-corrected chi connectivity index (χ0v) is 5.22. The van der Waals surface area contributed by atoms with Crippen LogP contribution in [-0.2, 0) is 4.74 Å². The Hall–Kier alpha value is -0.570. The molecule has 0 atom stereocenters. The highest BCUT2D eigenvalue weighted by Crippen LogP contribution is 1.94. The molecule has 1 heterocycles. The fraction of sp³-hybridized carbons (Fsp3) is 0.800. The van der Waals surface area contributed by atoms with Crippen LogP contribution in [0, 0.1) is 0 Å². The molecule has 0 radical (unpaired) electrons. The monoisotopic (exact) mass is 114 g/mol. The first-order chi connectivity index (χ1) is 3.80. The third kappa shape index (κ3) is 0.980. The summed E-state index contributed by atoms with van der Waals surface area (Å²) in [6, 6.07) is 0. The second-order valence-corrected chi connectivity index (χ2v) is 1.87. The van der Waals surface area contributed by atoms with Crippen molar-refractivity contribution in [1.82, 2.24) is 4.90 Å². The summed E-state index contributed by atoms with van der Waals surface area (Å²) >= 11 is 0. The molecule has 0 aromatic carbocycles. The van der Waals surface area contributed by atoms with Gasteiger partial charge in [-0.25, -0.2) is 4.99 Å². The molecule has 0 saturated heterocycles. The first kappa shape index (κ1) is 5.56. The largest absolute Gasteiger partial charge is 0.340 e. The van der Waals surface area contributed by atoms with Gasteiger partial charge in [0.15, 0.2) is 0 Å². The predicted octanol–water partition coefficient (Wildman–Crippen LogP) is 0.282. The van der Waals surface area contributed by atoms with Crippen molar-refractivity contribution in [3.8, 4) is 0 Å². The van der Waals surface area contributed by atoms with Gasteiger partial charge in [-0.05, 0) is 6.92 Å². The van der Waals surface area contributed by atoms with Gasteiger partial charge in [0, 0.05) is 7.05 Å². The molecule has 0 aliphatic carbocycles. The Morgan fingerprint density at radius 2 is 2.50 bits per heavy atom. The van der Waals surface area contributed by atoms with Gasteiger partial charge < -0.3 is 9.64 Å². The summed E-state index contributed by atoms with van der Waals surface area (Å²) in [5.41, 5.74) is 0. The summed E-state index contributed by atoms with van der Waals surface area (Å²) in [4.78, 5) is 5.99. The van der Waals surface area contributed by atoms with Crippen LogP contribution >= 0.6 is 0 Å². The molecule has 0 bridgehead atoms.